The Morgan fingerprint density at radius 3 is 3.19 bits per heavy atom. The van der Waals surface area contributed by atoms with Gasteiger partial charge in [0.25, 0.3) is 0 Å². The van der Waals surface area contributed by atoms with E-state index in [1.807, 2.05) is 4.68 Å². The minimum absolute atomic E-state index is 0.754. The molecule has 2 rings (SSSR count). The lowest BCUT2D eigenvalue weighted by molar-refractivity contribution is 0.625. The number of rotatable bonds is 6. The zero-order valence-corrected chi connectivity index (χ0v) is 10.2. The SMILES string of the molecule is CCCNCc1ncn(Cc2ccsc2)n1. The third-order valence-corrected chi connectivity index (χ3v) is 2.95. The summed E-state index contributed by atoms with van der Waals surface area (Å²) in [5.74, 6) is 0.865. The molecule has 4 nitrogen and oxygen atoms in total. The molecule has 5 heteroatoms. The summed E-state index contributed by atoms with van der Waals surface area (Å²) in [6.07, 6.45) is 2.93. The van der Waals surface area contributed by atoms with E-state index in [0.717, 1.165) is 31.9 Å². The van der Waals surface area contributed by atoms with E-state index in [2.05, 4.69) is 39.1 Å². The van der Waals surface area contributed by atoms with Gasteiger partial charge < -0.3 is 5.32 Å². The molecule has 0 aromatic carbocycles. The Morgan fingerprint density at radius 2 is 2.44 bits per heavy atom. The van der Waals surface area contributed by atoms with Crippen LogP contribution < -0.4 is 5.32 Å². The topological polar surface area (TPSA) is 42.7 Å². The molecule has 0 aliphatic heterocycles. The van der Waals surface area contributed by atoms with Crippen molar-refractivity contribution in [1.29, 1.82) is 0 Å². The smallest absolute Gasteiger partial charge is 0.164 e. The number of aromatic nitrogens is 3. The van der Waals surface area contributed by atoms with Crippen LogP contribution in [-0.4, -0.2) is 21.3 Å². The maximum absolute atomic E-state index is 4.40. The van der Waals surface area contributed by atoms with Gasteiger partial charge in [-0.1, -0.05) is 6.92 Å². The van der Waals surface area contributed by atoms with Gasteiger partial charge in [0, 0.05) is 0 Å². The Kier molecular flexibility index (Phi) is 4.07. The Bertz CT molecular complexity index is 407. The average Bonchev–Trinajstić information content (AvgIpc) is 2.91. The van der Waals surface area contributed by atoms with Crippen molar-refractivity contribution in [3.05, 3.63) is 34.5 Å². The van der Waals surface area contributed by atoms with Crippen molar-refractivity contribution in [2.75, 3.05) is 6.54 Å². The van der Waals surface area contributed by atoms with Gasteiger partial charge in [0.05, 0.1) is 13.1 Å². The van der Waals surface area contributed by atoms with Crippen molar-refractivity contribution in [2.24, 2.45) is 0 Å². The first kappa shape index (κ1) is 11.3. The fourth-order valence-corrected chi connectivity index (χ4v) is 2.10. The van der Waals surface area contributed by atoms with Crippen molar-refractivity contribution in [1.82, 2.24) is 20.1 Å². The van der Waals surface area contributed by atoms with Gasteiger partial charge in [-0.05, 0) is 35.4 Å². The van der Waals surface area contributed by atoms with Crippen LogP contribution in [0.4, 0.5) is 0 Å². The summed E-state index contributed by atoms with van der Waals surface area (Å²) in [7, 11) is 0. The first-order chi connectivity index (χ1) is 7.88. The second-order valence-corrected chi connectivity index (χ2v) is 4.45. The molecule has 86 valence electrons. The molecule has 0 saturated carbocycles. The first-order valence-electron chi connectivity index (χ1n) is 5.48. The molecule has 0 aliphatic rings. The van der Waals surface area contributed by atoms with Gasteiger partial charge in [-0.25, -0.2) is 9.67 Å². The van der Waals surface area contributed by atoms with Gasteiger partial charge in [-0.2, -0.15) is 16.4 Å². The van der Waals surface area contributed by atoms with Crippen molar-refractivity contribution in [3.8, 4) is 0 Å². The molecule has 2 aromatic heterocycles. The van der Waals surface area contributed by atoms with Crippen LogP contribution in [0.5, 0.6) is 0 Å². The Hall–Kier alpha value is -1.20. The number of hydrogen-bond donors (Lipinski definition) is 1. The van der Waals surface area contributed by atoms with Crippen LogP contribution in [0.1, 0.15) is 24.7 Å². The van der Waals surface area contributed by atoms with Gasteiger partial charge >= 0.3 is 0 Å². The fourth-order valence-electron chi connectivity index (χ4n) is 1.44. The highest BCUT2D eigenvalue weighted by Gasteiger charge is 2.01. The molecule has 2 aromatic rings. The molecule has 0 amide bonds. The minimum atomic E-state index is 0.754. The summed E-state index contributed by atoms with van der Waals surface area (Å²) in [6, 6.07) is 2.11. The van der Waals surface area contributed by atoms with Crippen LogP contribution in [-0.2, 0) is 13.1 Å². The highest BCUT2D eigenvalue weighted by molar-refractivity contribution is 7.07. The maximum atomic E-state index is 4.40. The number of thiophene rings is 1. The molecule has 1 N–H and O–H groups in total. The van der Waals surface area contributed by atoms with E-state index in [1.54, 1.807) is 17.7 Å². The lowest BCUT2D eigenvalue weighted by Gasteiger charge is -1.98. The number of hydrogen-bond acceptors (Lipinski definition) is 4. The van der Waals surface area contributed by atoms with Crippen LogP contribution in [0.3, 0.4) is 0 Å². The normalized spacial score (nSPS) is 10.8. The quantitative estimate of drug-likeness (QED) is 0.779. The van der Waals surface area contributed by atoms with E-state index in [-0.39, 0.29) is 0 Å². The number of nitrogens with one attached hydrogen (secondary N) is 1. The van der Waals surface area contributed by atoms with E-state index in [4.69, 9.17) is 0 Å². The summed E-state index contributed by atoms with van der Waals surface area (Å²) in [4.78, 5) is 4.26. The van der Waals surface area contributed by atoms with Gasteiger partial charge in [0.1, 0.15) is 6.33 Å². The molecule has 0 fully saturated rings. The highest BCUT2D eigenvalue weighted by atomic mass is 32.1. The van der Waals surface area contributed by atoms with E-state index in [1.165, 1.54) is 5.56 Å². The van der Waals surface area contributed by atoms with E-state index in [9.17, 15) is 0 Å². The van der Waals surface area contributed by atoms with Gasteiger partial charge in [-0.3, -0.25) is 0 Å². The molecule has 0 unspecified atom stereocenters. The van der Waals surface area contributed by atoms with Crippen LogP contribution in [0.15, 0.2) is 23.2 Å². The average molecular weight is 236 g/mol. The zero-order valence-electron chi connectivity index (χ0n) is 9.39. The molecule has 2 heterocycles. The van der Waals surface area contributed by atoms with Gasteiger partial charge in [0.2, 0.25) is 0 Å². The Labute approximate surface area is 99.3 Å². The molecule has 0 atom stereocenters. The lowest BCUT2D eigenvalue weighted by Crippen LogP contribution is -2.15. The fraction of sp³-hybridized carbons (Fsp3) is 0.455. The van der Waals surface area contributed by atoms with Crippen molar-refractivity contribution < 1.29 is 0 Å². The predicted molar refractivity (Wildman–Crippen MR) is 65.4 cm³/mol. The molecule has 0 spiro atoms. The molecule has 0 saturated heterocycles. The largest absolute Gasteiger partial charge is 0.310 e. The standard InChI is InChI=1S/C11H16N4S/c1-2-4-12-6-11-13-9-15(14-11)7-10-3-5-16-8-10/h3,5,8-9,12H,2,4,6-7H2,1H3. The summed E-state index contributed by atoms with van der Waals surface area (Å²) in [5, 5.41) is 11.9. The van der Waals surface area contributed by atoms with Crippen LogP contribution >= 0.6 is 11.3 Å². The summed E-state index contributed by atoms with van der Waals surface area (Å²) >= 11 is 1.71. The van der Waals surface area contributed by atoms with E-state index in [0.29, 0.717) is 0 Å². The second kappa shape index (κ2) is 5.77. The van der Waals surface area contributed by atoms with Crippen molar-refractivity contribution in [2.45, 2.75) is 26.4 Å². The highest BCUT2D eigenvalue weighted by Crippen LogP contribution is 2.07. The van der Waals surface area contributed by atoms with E-state index >= 15 is 0 Å². The van der Waals surface area contributed by atoms with Gasteiger partial charge in [-0.15, -0.1) is 0 Å². The van der Waals surface area contributed by atoms with Crippen molar-refractivity contribution >= 4 is 11.3 Å². The predicted octanol–water partition coefficient (Wildman–Crippen LogP) is 1.89. The molecule has 0 bridgehead atoms. The third kappa shape index (κ3) is 3.15. The Morgan fingerprint density at radius 1 is 1.50 bits per heavy atom. The van der Waals surface area contributed by atoms with Crippen LogP contribution in [0, 0.1) is 0 Å². The molecule has 16 heavy (non-hydrogen) atoms. The molecular formula is C11H16N4S. The Balaban J connectivity index is 1.87. The molecule has 0 aliphatic carbocycles. The van der Waals surface area contributed by atoms with Crippen LogP contribution in [0.2, 0.25) is 0 Å². The summed E-state index contributed by atoms with van der Waals surface area (Å²) < 4.78 is 1.88. The number of nitrogens with zero attached hydrogens (tertiary/aromatic N) is 3. The summed E-state index contributed by atoms with van der Waals surface area (Å²) in [6.45, 7) is 4.73. The van der Waals surface area contributed by atoms with Gasteiger partial charge in [0.15, 0.2) is 5.82 Å². The maximum Gasteiger partial charge on any atom is 0.164 e. The van der Waals surface area contributed by atoms with Crippen LogP contribution in [0.25, 0.3) is 0 Å². The third-order valence-electron chi connectivity index (χ3n) is 2.22. The summed E-state index contributed by atoms with van der Waals surface area (Å²) in [5.41, 5.74) is 1.28. The van der Waals surface area contributed by atoms with Crippen molar-refractivity contribution in [3.63, 3.8) is 0 Å². The monoisotopic (exact) mass is 236 g/mol. The van der Waals surface area contributed by atoms with E-state index < -0.39 is 0 Å². The minimum Gasteiger partial charge on any atom is -0.310 e. The molecular weight excluding hydrogens is 220 g/mol. The second-order valence-electron chi connectivity index (χ2n) is 3.67. The molecule has 0 radical (unpaired) electrons. The zero-order chi connectivity index (χ0) is 11.2. The first-order valence-corrected chi connectivity index (χ1v) is 6.43. The lowest BCUT2D eigenvalue weighted by atomic mass is 10.3.